The molecule has 0 radical (unpaired) electrons. The number of nitrogens with zero attached hydrogens (tertiary/aromatic N) is 3. The van der Waals surface area contributed by atoms with Gasteiger partial charge < -0.3 is 0 Å². The summed E-state index contributed by atoms with van der Waals surface area (Å²) in [7, 11) is 0. The number of nitro groups is 1. The highest BCUT2D eigenvalue weighted by Gasteiger charge is 2.20. The van der Waals surface area contributed by atoms with Gasteiger partial charge in [0.15, 0.2) is 0 Å². The van der Waals surface area contributed by atoms with Crippen LogP contribution in [0.25, 0.3) is 0 Å². The van der Waals surface area contributed by atoms with Crippen LogP contribution >= 0.6 is 0 Å². The minimum absolute atomic E-state index is 0.180. The van der Waals surface area contributed by atoms with Gasteiger partial charge in [-0.2, -0.15) is 0 Å². The molecule has 1 saturated heterocycles. The first-order chi connectivity index (χ1) is 11.6. The Hall–Kier alpha value is -2.31. The molecular formula is C18H20FN3O2. The molecule has 0 atom stereocenters. The first-order valence-corrected chi connectivity index (χ1v) is 8.03. The lowest BCUT2D eigenvalue weighted by Crippen LogP contribution is -2.45. The Balaban J connectivity index is 1.55. The molecule has 0 bridgehead atoms. The van der Waals surface area contributed by atoms with Crippen LogP contribution in [-0.4, -0.2) is 40.9 Å². The second kappa shape index (κ2) is 7.51. The molecule has 1 aliphatic rings. The summed E-state index contributed by atoms with van der Waals surface area (Å²) in [4.78, 5) is 15.3. The fraction of sp³-hybridized carbons (Fsp3) is 0.333. The molecule has 1 fully saturated rings. The van der Waals surface area contributed by atoms with Gasteiger partial charge in [0.05, 0.1) is 4.92 Å². The van der Waals surface area contributed by atoms with Crippen LogP contribution in [0.5, 0.6) is 0 Å². The van der Waals surface area contributed by atoms with Gasteiger partial charge in [-0.05, 0) is 17.7 Å². The molecule has 0 aromatic heterocycles. The van der Waals surface area contributed by atoms with Crippen LogP contribution in [0, 0.1) is 15.9 Å². The molecule has 1 heterocycles. The van der Waals surface area contributed by atoms with E-state index >= 15 is 0 Å². The third-order valence-corrected chi connectivity index (χ3v) is 4.34. The fourth-order valence-corrected chi connectivity index (χ4v) is 3.06. The molecule has 0 N–H and O–H groups in total. The van der Waals surface area contributed by atoms with Gasteiger partial charge in [0, 0.05) is 50.9 Å². The van der Waals surface area contributed by atoms with Crippen molar-refractivity contribution in [2.75, 3.05) is 26.2 Å². The van der Waals surface area contributed by atoms with Crippen molar-refractivity contribution in [2.45, 2.75) is 13.1 Å². The molecule has 2 aromatic carbocycles. The number of piperazine rings is 1. The smallest absolute Gasteiger partial charge is 0.273 e. The van der Waals surface area contributed by atoms with Crippen molar-refractivity contribution in [3.8, 4) is 0 Å². The van der Waals surface area contributed by atoms with Gasteiger partial charge >= 0.3 is 0 Å². The fourth-order valence-electron chi connectivity index (χ4n) is 3.06. The molecule has 3 rings (SSSR count). The van der Waals surface area contributed by atoms with Gasteiger partial charge in [0.2, 0.25) is 0 Å². The lowest BCUT2D eigenvalue weighted by molar-refractivity contribution is -0.385. The topological polar surface area (TPSA) is 49.6 Å². The maximum atomic E-state index is 13.2. The third kappa shape index (κ3) is 4.15. The number of rotatable bonds is 5. The predicted octanol–water partition coefficient (Wildman–Crippen LogP) is 3.05. The van der Waals surface area contributed by atoms with E-state index in [-0.39, 0.29) is 16.4 Å². The summed E-state index contributed by atoms with van der Waals surface area (Å²) in [5.41, 5.74) is 1.91. The highest BCUT2D eigenvalue weighted by atomic mass is 19.1. The van der Waals surface area contributed by atoms with E-state index in [1.165, 1.54) is 6.07 Å². The van der Waals surface area contributed by atoms with Crippen molar-refractivity contribution in [3.63, 3.8) is 0 Å². The zero-order chi connectivity index (χ0) is 16.9. The van der Waals surface area contributed by atoms with Crippen molar-refractivity contribution in [3.05, 3.63) is 75.6 Å². The summed E-state index contributed by atoms with van der Waals surface area (Å²) in [6.45, 7) is 4.76. The largest absolute Gasteiger partial charge is 0.297 e. The summed E-state index contributed by atoms with van der Waals surface area (Å²) < 4.78 is 13.2. The lowest BCUT2D eigenvalue weighted by atomic mass is 10.1. The maximum absolute atomic E-state index is 13.2. The van der Waals surface area contributed by atoms with Gasteiger partial charge in [-0.3, -0.25) is 19.9 Å². The average molecular weight is 329 g/mol. The minimum Gasteiger partial charge on any atom is -0.297 e. The van der Waals surface area contributed by atoms with E-state index in [0.717, 1.165) is 43.9 Å². The van der Waals surface area contributed by atoms with Gasteiger partial charge in [0.1, 0.15) is 5.82 Å². The van der Waals surface area contributed by atoms with Crippen LogP contribution in [0.4, 0.5) is 10.1 Å². The minimum atomic E-state index is -0.324. The molecule has 0 amide bonds. The Labute approximate surface area is 140 Å². The van der Waals surface area contributed by atoms with Crippen LogP contribution in [-0.2, 0) is 13.1 Å². The highest BCUT2D eigenvalue weighted by molar-refractivity contribution is 5.39. The molecule has 5 nitrogen and oxygen atoms in total. The number of hydrogen-bond donors (Lipinski definition) is 0. The lowest BCUT2D eigenvalue weighted by Gasteiger charge is -2.34. The third-order valence-electron chi connectivity index (χ3n) is 4.34. The van der Waals surface area contributed by atoms with Crippen molar-refractivity contribution < 1.29 is 9.31 Å². The van der Waals surface area contributed by atoms with Crippen LogP contribution in [0.3, 0.4) is 0 Å². The molecule has 6 heteroatoms. The summed E-state index contributed by atoms with van der Waals surface area (Å²) in [6.07, 6.45) is 0. The Morgan fingerprint density at radius 1 is 0.958 bits per heavy atom. The molecule has 24 heavy (non-hydrogen) atoms. The van der Waals surface area contributed by atoms with Crippen molar-refractivity contribution in [2.24, 2.45) is 0 Å². The summed E-state index contributed by atoms with van der Waals surface area (Å²) in [5, 5.41) is 11.1. The SMILES string of the molecule is O=[N+]([O-])c1ccccc1CN1CCN(Cc2cccc(F)c2)CC1. The van der Waals surface area contributed by atoms with Crippen molar-refractivity contribution >= 4 is 5.69 Å². The number of halogens is 1. The van der Waals surface area contributed by atoms with E-state index < -0.39 is 0 Å². The normalized spacial score (nSPS) is 16.2. The zero-order valence-corrected chi connectivity index (χ0v) is 13.4. The van der Waals surface area contributed by atoms with Crippen LogP contribution in [0.2, 0.25) is 0 Å². The quantitative estimate of drug-likeness (QED) is 0.625. The molecule has 126 valence electrons. The Morgan fingerprint density at radius 2 is 1.62 bits per heavy atom. The van der Waals surface area contributed by atoms with E-state index in [2.05, 4.69) is 9.80 Å². The molecule has 0 unspecified atom stereocenters. The molecule has 0 saturated carbocycles. The number of para-hydroxylation sites is 1. The summed E-state index contributed by atoms with van der Waals surface area (Å²) in [5.74, 6) is -0.206. The number of hydrogen-bond acceptors (Lipinski definition) is 4. The van der Waals surface area contributed by atoms with Crippen molar-refractivity contribution in [1.29, 1.82) is 0 Å². The second-order valence-corrected chi connectivity index (χ2v) is 6.07. The summed E-state index contributed by atoms with van der Waals surface area (Å²) >= 11 is 0. The monoisotopic (exact) mass is 329 g/mol. The van der Waals surface area contributed by atoms with Gasteiger partial charge in [-0.1, -0.05) is 30.3 Å². The maximum Gasteiger partial charge on any atom is 0.273 e. The van der Waals surface area contributed by atoms with Gasteiger partial charge in [-0.15, -0.1) is 0 Å². The second-order valence-electron chi connectivity index (χ2n) is 6.07. The molecule has 2 aromatic rings. The van der Waals surface area contributed by atoms with Gasteiger partial charge in [0.25, 0.3) is 5.69 Å². The standard InChI is InChI=1S/C18H20FN3O2/c19-17-6-3-4-15(12-17)13-20-8-10-21(11-9-20)14-16-5-1-2-7-18(16)22(23)24/h1-7,12H,8-11,13-14H2. The number of nitro benzene ring substituents is 1. The molecule has 1 aliphatic heterocycles. The van der Waals surface area contributed by atoms with E-state index in [1.807, 2.05) is 18.2 Å². The average Bonchev–Trinajstić information content (AvgIpc) is 2.57. The Kier molecular flexibility index (Phi) is 5.17. The van der Waals surface area contributed by atoms with Crippen LogP contribution < -0.4 is 0 Å². The highest BCUT2D eigenvalue weighted by Crippen LogP contribution is 2.20. The molecular weight excluding hydrogens is 309 g/mol. The first kappa shape index (κ1) is 16.5. The first-order valence-electron chi connectivity index (χ1n) is 8.03. The van der Waals surface area contributed by atoms with E-state index in [0.29, 0.717) is 6.54 Å². The molecule has 0 aliphatic carbocycles. The zero-order valence-electron chi connectivity index (χ0n) is 13.4. The van der Waals surface area contributed by atoms with E-state index in [4.69, 9.17) is 0 Å². The van der Waals surface area contributed by atoms with E-state index in [1.54, 1.807) is 24.3 Å². The van der Waals surface area contributed by atoms with Crippen LogP contribution in [0.1, 0.15) is 11.1 Å². The Morgan fingerprint density at radius 3 is 2.29 bits per heavy atom. The van der Waals surface area contributed by atoms with Crippen molar-refractivity contribution in [1.82, 2.24) is 9.80 Å². The Bertz CT molecular complexity index is 715. The van der Waals surface area contributed by atoms with Crippen LogP contribution in [0.15, 0.2) is 48.5 Å². The van der Waals surface area contributed by atoms with E-state index in [9.17, 15) is 14.5 Å². The summed E-state index contributed by atoms with van der Waals surface area (Å²) in [6, 6.07) is 13.6. The number of benzene rings is 2. The predicted molar refractivity (Wildman–Crippen MR) is 90.1 cm³/mol. The van der Waals surface area contributed by atoms with Gasteiger partial charge in [-0.25, -0.2) is 4.39 Å². The molecule has 0 spiro atoms.